The number of anilines is 1. The van der Waals surface area contributed by atoms with E-state index in [2.05, 4.69) is 61.1 Å². The molecule has 1 saturated heterocycles. The quantitative estimate of drug-likeness (QED) is 0.0963. The number of pyridine rings is 4. The van der Waals surface area contributed by atoms with Crippen LogP contribution in [0.25, 0.3) is 121 Å². The molecule has 1 aliphatic heterocycles. The molecule has 29 heteroatoms. The van der Waals surface area contributed by atoms with Crippen molar-refractivity contribution < 1.29 is 54.3 Å². The molecule has 8 aliphatic carbocycles. The van der Waals surface area contributed by atoms with Crippen molar-refractivity contribution in [1.29, 1.82) is 0 Å². The highest BCUT2D eigenvalue weighted by molar-refractivity contribution is 6.03. The Kier molecular flexibility index (Phi) is 25.5. The summed E-state index contributed by atoms with van der Waals surface area (Å²) in [5.74, 6) is -2.51. The van der Waals surface area contributed by atoms with Gasteiger partial charge in [-0.25, -0.2) is 86.2 Å². The second kappa shape index (κ2) is 37.9. The van der Waals surface area contributed by atoms with E-state index in [0.29, 0.717) is 107 Å². The summed E-state index contributed by atoms with van der Waals surface area (Å²) in [6, 6.07) is 41.3. The number of piperidine rings is 1. The van der Waals surface area contributed by atoms with Crippen molar-refractivity contribution in [3.63, 3.8) is 0 Å². The first-order valence-electron chi connectivity index (χ1n) is 47.6. The summed E-state index contributed by atoms with van der Waals surface area (Å²) in [4.78, 5) is 123. The van der Waals surface area contributed by atoms with Gasteiger partial charge in [0.2, 0.25) is 22.8 Å². The van der Waals surface area contributed by atoms with Gasteiger partial charge < -0.3 is 24.1 Å². The van der Waals surface area contributed by atoms with E-state index in [4.69, 9.17) is 56.2 Å². The molecule has 13 aromatic rings. The normalized spacial score (nSPS) is 23.7. The highest BCUT2D eigenvalue weighted by Gasteiger charge is 2.55. The summed E-state index contributed by atoms with van der Waals surface area (Å²) in [6.45, 7) is 47.6. The van der Waals surface area contributed by atoms with Gasteiger partial charge in [-0.1, -0.05) is 152 Å². The van der Waals surface area contributed by atoms with E-state index in [9.17, 15) is 45.5 Å². The van der Waals surface area contributed by atoms with E-state index in [-0.39, 0.29) is 127 Å². The molecular formula is C114H93F8N17O4. The average molecular weight is 1920 g/mol. The lowest BCUT2D eigenvalue weighted by molar-refractivity contribution is -0.141. The molecule has 0 bridgehead atoms. The Morgan fingerprint density at radius 2 is 0.699 bits per heavy atom. The summed E-state index contributed by atoms with van der Waals surface area (Å²) in [5, 5.41) is 1.91. The number of benzene rings is 5. The van der Waals surface area contributed by atoms with E-state index in [0.717, 1.165) is 113 Å². The number of hydrogen-bond donors (Lipinski definition) is 0. The summed E-state index contributed by atoms with van der Waals surface area (Å²) >= 11 is 0. The molecule has 22 rings (SSSR count). The lowest BCUT2D eigenvalue weighted by Crippen LogP contribution is -2.46. The first-order chi connectivity index (χ1) is 68.7. The van der Waals surface area contributed by atoms with E-state index in [1.807, 2.05) is 84.0 Å². The van der Waals surface area contributed by atoms with Crippen LogP contribution in [0.15, 0.2) is 236 Å². The van der Waals surface area contributed by atoms with Gasteiger partial charge in [0.25, 0.3) is 0 Å². The van der Waals surface area contributed by atoms with Crippen LogP contribution >= 0.6 is 0 Å². The number of allylic oxidation sites excluding steroid dienone is 8. The van der Waals surface area contributed by atoms with E-state index in [1.165, 1.54) is 49.0 Å². The Morgan fingerprint density at radius 3 is 1.07 bits per heavy atom. The molecule has 12 atom stereocenters. The van der Waals surface area contributed by atoms with Crippen LogP contribution in [0, 0.1) is 103 Å². The number of alkyl halides is 3. The highest BCUT2D eigenvalue weighted by atomic mass is 19.4. The standard InChI is InChI=1S/C31H30FN5O.C30H23FN4O.C27H20F4N4O.C26H20F2N4O/c1-19-23-12-11-22-27(21-9-5-6-10-24(21)32)35-30(36-29(22)31(23,2)18-25(33-3)28(19)38)20-13-14-34-26(17-20)37-15-7-4-8-16-37;1-17-23-13-12-21-26(20-10-6-7-11-24(20)31)34-29(22-16-33-15-18-8-4-5-9-19(18)22)35-28(21)30(23,2)14-25(32-3)27(17)36;1-14-18-9-8-17-22(16-6-4-5-7-19(16)28)34-25(15-10-11-33-21(12-15)27(29,30)31)35-24(17)26(18,2)13-20(32-3)23(14)36;1-14-18-9-8-17-22(15-6-4-5-7-19(15)27)31-25(16-10-11-30-13-20(16)28)32-24(17)26(18,2)12-21(29-3)23(14)33/h5-6,9-10,13-14,17-19,23H,4,7-8,11-12,15-16H2,1-2H3;4-11,14-17,23H,12-13H2,1-2H3;4-7,10-14,18H,8-9H2,1-2H3;4-7,10-14,18H,8-9H2,1-2H3/t19-,23-,31-;17-,23-,30-;2*14-,18-,26-/m1111/s1. The first kappa shape index (κ1) is 96.0. The number of hydrogen-bond acceptors (Lipinski definition) is 17. The topological polar surface area (TPSA) is 244 Å². The van der Waals surface area contributed by atoms with Crippen LogP contribution in [0.5, 0.6) is 0 Å². The number of Topliss-reactive ketones (excluding diaryl/α,β-unsaturated/α-hetero) is 4. The zero-order valence-electron chi connectivity index (χ0n) is 79.3. The van der Waals surface area contributed by atoms with Crippen molar-refractivity contribution >= 4 is 39.7 Å². The van der Waals surface area contributed by atoms with Crippen molar-refractivity contribution in [2.75, 3.05) is 18.0 Å². The Bertz CT molecular complexity index is 7790. The SMILES string of the molecule is [C-]#[N+]C1=C[C@@]2(C)c3nc(-c4ccnc(C(F)(F)F)c4)nc(-c4ccccc4F)c3CC[C@@H]2[C@@H](C)C1=O.[C-]#[N+]C1=C[C@@]2(C)c3nc(-c4ccnc(N5CCCCC5)c4)nc(-c4ccccc4F)c3CC[C@@H]2[C@@H](C)C1=O.[C-]#[N+]C1=C[C@@]2(C)c3nc(-c4ccncc4F)nc(-c4ccccc4F)c3CC[C@@H]2[C@@H](C)C1=O.[C-]#[N+]C1=C[C@@]2(C)c3nc(-c4cncc5ccccc45)nc(-c4ccccc4F)c3CC[C@@H]2[C@@H](C)C1=O. The largest absolute Gasteiger partial charge is 0.433 e. The molecular weight excluding hydrogens is 1820 g/mol. The van der Waals surface area contributed by atoms with Crippen molar-refractivity contribution in [2.24, 2.45) is 47.3 Å². The van der Waals surface area contributed by atoms with Gasteiger partial charge in [0.05, 0.1) is 83.6 Å². The Labute approximate surface area is 820 Å². The van der Waals surface area contributed by atoms with Gasteiger partial charge in [-0.05, 0) is 179 Å². The first-order valence-corrected chi connectivity index (χ1v) is 47.6. The maximum absolute atomic E-state index is 15.2. The van der Waals surface area contributed by atoms with E-state index >= 15 is 8.78 Å². The fourth-order valence-electron chi connectivity index (χ4n) is 23.4. The van der Waals surface area contributed by atoms with Crippen LogP contribution in [0.4, 0.5) is 40.9 Å². The molecule has 0 spiro atoms. The molecule has 0 saturated carbocycles. The molecule has 0 unspecified atom stereocenters. The van der Waals surface area contributed by atoms with Crippen molar-refractivity contribution in [2.45, 2.75) is 154 Å². The molecule has 0 radical (unpaired) electrons. The minimum absolute atomic E-state index is 0.00460. The average Bonchev–Trinajstić information content (AvgIpc) is 0.729. The minimum atomic E-state index is -4.66. The molecule has 714 valence electrons. The minimum Gasteiger partial charge on any atom is -0.357 e. The van der Waals surface area contributed by atoms with Crippen LogP contribution < -0.4 is 4.90 Å². The number of halogens is 8. The van der Waals surface area contributed by atoms with Crippen LogP contribution in [-0.2, 0) is 72.7 Å². The highest BCUT2D eigenvalue weighted by Crippen LogP contribution is 2.58. The van der Waals surface area contributed by atoms with Gasteiger partial charge in [0, 0.05) is 156 Å². The fraction of sp³-hybridized carbons (Fsp3) is 0.298. The molecule has 5 aromatic carbocycles. The molecule has 9 aliphatic rings. The number of ketones is 4. The van der Waals surface area contributed by atoms with E-state index < -0.39 is 56.9 Å². The van der Waals surface area contributed by atoms with Gasteiger partial charge in [-0.3, -0.25) is 15.0 Å². The third-order valence-electron chi connectivity index (χ3n) is 30.7. The van der Waals surface area contributed by atoms with Gasteiger partial charge in [-0.15, -0.1) is 0 Å². The maximum atomic E-state index is 15.2. The van der Waals surface area contributed by atoms with Gasteiger partial charge in [0.1, 0.15) is 34.8 Å². The number of fused-ring (bicyclic) bond motifs is 13. The molecule has 9 heterocycles. The van der Waals surface area contributed by atoms with Crippen LogP contribution in [-0.4, -0.2) is 96.0 Å². The van der Waals surface area contributed by atoms with Gasteiger partial charge in [0.15, 0.2) is 52.2 Å². The predicted octanol–water partition coefficient (Wildman–Crippen LogP) is 24.0. The van der Waals surface area contributed by atoms with Gasteiger partial charge >= 0.3 is 6.18 Å². The zero-order chi connectivity index (χ0) is 101. The fourth-order valence-corrected chi connectivity index (χ4v) is 23.4. The van der Waals surface area contributed by atoms with Crippen LogP contribution in [0.2, 0.25) is 0 Å². The predicted molar refractivity (Wildman–Crippen MR) is 523 cm³/mol. The van der Waals surface area contributed by atoms with Crippen LogP contribution in [0.3, 0.4) is 0 Å². The number of aromatic nitrogens is 12. The molecule has 0 amide bonds. The Balaban J connectivity index is 0.000000121. The smallest absolute Gasteiger partial charge is 0.357 e. The molecule has 0 N–H and O–H groups in total. The van der Waals surface area contributed by atoms with Crippen molar-refractivity contribution in [3.8, 4) is 90.6 Å². The lowest BCUT2D eigenvalue weighted by atomic mass is 9.58. The molecule has 143 heavy (non-hydrogen) atoms. The lowest BCUT2D eigenvalue weighted by Gasteiger charge is -2.46. The number of nitrogens with zero attached hydrogens (tertiary/aromatic N) is 17. The van der Waals surface area contributed by atoms with Crippen molar-refractivity contribution in [1.82, 2.24) is 59.8 Å². The third kappa shape index (κ3) is 17.0. The second-order valence-electron chi connectivity index (χ2n) is 38.8. The third-order valence-corrected chi connectivity index (χ3v) is 30.7. The van der Waals surface area contributed by atoms with Gasteiger partial charge in [-0.2, -0.15) is 13.2 Å². The molecule has 8 aromatic heterocycles. The van der Waals surface area contributed by atoms with E-state index in [1.54, 1.807) is 117 Å². The van der Waals surface area contributed by atoms with Crippen LogP contribution in [0.1, 0.15) is 151 Å². The monoisotopic (exact) mass is 1920 g/mol. The maximum Gasteiger partial charge on any atom is 0.433 e. The summed E-state index contributed by atoms with van der Waals surface area (Å²) in [7, 11) is 0. The number of rotatable bonds is 9. The molecule has 21 nitrogen and oxygen atoms in total. The van der Waals surface area contributed by atoms with Crippen molar-refractivity contribution in [3.05, 3.63) is 361 Å². The zero-order valence-corrected chi connectivity index (χ0v) is 79.3. The summed E-state index contributed by atoms with van der Waals surface area (Å²) < 4.78 is 115. The Hall–Kier alpha value is -15.9. The number of carbonyl (C=O) groups excluding carboxylic acids is 4. The summed E-state index contributed by atoms with van der Waals surface area (Å²) in [5.41, 5.74) is 7.27. The Morgan fingerprint density at radius 1 is 0.357 bits per heavy atom. The second-order valence-corrected chi connectivity index (χ2v) is 38.8. The molecule has 1 fully saturated rings. The number of carbonyl (C=O) groups is 4. The summed E-state index contributed by atoms with van der Waals surface area (Å²) in [6.07, 6.45) is 19.7.